The number of carbonyl (C=O) groups excluding carboxylic acids is 1. The van der Waals surface area contributed by atoms with Gasteiger partial charge in [-0.05, 0) is 36.2 Å². The lowest BCUT2D eigenvalue weighted by Gasteiger charge is -2.18. The number of nitrogens with zero attached hydrogens (tertiary/aromatic N) is 4. The van der Waals surface area contributed by atoms with Crippen LogP contribution in [0.1, 0.15) is 28.9 Å². The molecule has 1 aliphatic rings. The van der Waals surface area contributed by atoms with Crippen molar-refractivity contribution < 1.29 is 9.90 Å². The number of carbonyl (C=O) groups is 1. The standard InChI is InChI=1S/C20H21N5O2S/c1-13(28-20-23-21-12-24(20)2)14-5-3-7-16(9-14)22-19(27)25-10-15-6-4-8-18(26)17(15)11-25/h3-9,12-13,26H,10-11H2,1-2H3,(H,22,27)/t13-/m0/s1. The number of thioether (sulfide) groups is 1. The van der Waals surface area contributed by atoms with Gasteiger partial charge in [0.15, 0.2) is 5.16 Å². The highest BCUT2D eigenvalue weighted by molar-refractivity contribution is 7.99. The first kappa shape index (κ1) is 18.4. The largest absolute Gasteiger partial charge is 0.508 e. The molecule has 0 fully saturated rings. The molecule has 8 heteroatoms. The Morgan fingerprint density at radius 1 is 1.25 bits per heavy atom. The molecule has 3 aromatic rings. The number of aromatic hydroxyl groups is 1. The Kier molecular flexibility index (Phi) is 4.95. The summed E-state index contributed by atoms with van der Waals surface area (Å²) in [7, 11) is 1.91. The van der Waals surface area contributed by atoms with Gasteiger partial charge >= 0.3 is 6.03 Å². The second-order valence-electron chi connectivity index (χ2n) is 6.81. The predicted octanol–water partition coefficient (Wildman–Crippen LogP) is 3.92. The van der Waals surface area contributed by atoms with Crippen molar-refractivity contribution in [3.63, 3.8) is 0 Å². The van der Waals surface area contributed by atoms with Crippen molar-refractivity contribution in [2.24, 2.45) is 7.05 Å². The molecule has 0 saturated heterocycles. The van der Waals surface area contributed by atoms with Crippen LogP contribution in [0.15, 0.2) is 53.9 Å². The molecule has 144 valence electrons. The van der Waals surface area contributed by atoms with E-state index in [1.165, 1.54) is 0 Å². The quantitative estimate of drug-likeness (QED) is 0.654. The van der Waals surface area contributed by atoms with Crippen LogP contribution < -0.4 is 5.32 Å². The van der Waals surface area contributed by atoms with Crippen LogP contribution in [0, 0.1) is 0 Å². The minimum atomic E-state index is -0.179. The number of hydrogen-bond donors (Lipinski definition) is 2. The Morgan fingerprint density at radius 2 is 2.07 bits per heavy atom. The monoisotopic (exact) mass is 395 g/mol. The minimum Gasteiger partial charge on any atom is -0.508 e. The maximum Gasteiger partial charge on any atom is 0.322 e. The summed E-state index contributed by atoms with van der Waals surface area (Å²) in [6.45, 7) is 3.00. The lowest BCUT2D eigenvalue weighted by Crippen LogP contribution is -2.30. The van der Waals surface area contributed by atoms with Crippen molar-refractivity contribution >= 4 is 23.5 Å². The lowest BCUT2D eigenvalue weighted by molar-refractivity contribution is 0.212. The number of aryl methyl sites for hydroxylation is 1. The number of anilines is 1. The van der Waals surface area contributed by atoms with E-state index in [0.29, 0.717) is 13.1 Å². The Hall–Kier alpha value is -3.00. The van der Waals surface area contributed by atoms with Crippen molar-refractivity contribution in [2.75, 3.05) is 5.32 Å². The van der Waals surface area contributed by atoms with Gasteiger partial charge in [0, 0.05) is 30.1 Å². The van der Waals surface area contributed by atoms with E-state index >= 15 is 0 Å². The van der Waals surface area contributed by atoms with E-state index in [1.807, 2.05) is 41.9 Å². The van der Waals surface area contributed by atoms with E-state index in [-0.39, 0.29) is 17.0 Å². The summed E-state index contributed by atoms with van der Waals surface area (Å²) in [5, 5.41) is 22.0. The average Bonchev–Trinajstić information content (AvgIpc) is 3.29. The first-order valence-electron chi connectivity index (χ1n) is 8.97. The second kappa shape index (κ2) is 7.55. The molecule has 1 atom stereocenters. The number of urea groups is 1. The molecule has 2 aromatic carbocycles. The lowest BCUT2D eigenvalue weighted by atomic mass is 10.1. The van der Waals surface area contributed by atoms with Crippen molar-refractivity contribution in [2.45, 2.75) is 30.4 Å². The highest BCUT2D eigenvalue weighted by Crippen LogP contribution is 2.34. The number of phenolic OH excluding ortho intramolecular Hbond substituents is 1. The van der Waals surface area contributed by atoms with Gasteiger partial charge in [0.25, 0.3) is 0 Å². The van der Waals surface area contributed by atoms with Gasteiger partial charge in [-0.3, -0.25) is 0 Å². The number of fused-ring (bicyclic) bond motifs is 1. The van der Waals surface area contributed by atoms with Crippen LogP contribution in [-0.2, 0) is 20.1 Å². The fourth-order valence-corrected chi connectivity index (χ4v) is 4.13. The Balaban J connectivity index is 1.43. The van der Waals surface area contributed by atoms with E-state index in [9.17, 15) is 9.90 Å². The number of benzene rings is 2. The summed E-state index contributed by atoms with van der Waals surface area (Å²) < 4.78 is 1.88. The van der Waals surface area contributed by atoms with Crippen LogP contribution >= 0.6 is 11.8 Å². The summed E-state index contributed by atoms with van der Waals surface area (Å²) in [4.78, 5) is 14.4. The van der Waals surface area contributed by atoms with E-state index in [4.69, 9.17) is 0 Å². The van der Waals surface area contributed by atoms with Gasteiger partial charge in [0.05, 0.1) is 6.54 Å². The molecule has 0 radical (unpaired) electrons. The number of phenols is 1. The molecule has 0 bridgehead atoms. The van der Waals surface area contributed by atoms with Gasteiger partial charge < -0.3 is 19.9 Å². The zero-order chi connectivity index (χ0) is 19.7. The van der Waals surface area contributed by atoms with Gasteiger partial charge in [0.2, 0.25) is 0 Å². The molecule has 0 saturated carbocycles. The third-order valence-corrected chi connectivity index (χ3v) is 6.01. The van der Waals surface area contributed by atoms with E-state index in [0.717, 1.165) is 27.5 Å². The molecule has 2 heterocycles. The molecule has 7 nitrogen and oxygen atoms in total. The molecule has 2 amide bonds. The highest BCUT2D eigenvalue weighted by Gasteiger charge is 2.25. The smallest absolute Gasteiger partial charge is 0.322 e. The maximum absolute atomic E-state index is 12.7. The average molecular weight is 395 g/mol. The molecule has 1 aliphatic heterocycles. The van der Waals surface area contributed by atoms with Crippen molar-refractivity contribution in [3.8, 4) is 5.75 Å². The summed E-state index contributed by atoms with van der Waals surface area (Å²) >= 11 is 1.61. The molecule has 0 spiro atoms. The molecule has 0 aliphatic carbocycles. The molecule has 4 rings (SSSR count). The SMILES string of the molecule is C[C@H](Sc1nncn1C)c1cccc(NC(=O)N2Cc3cccc(O)c3C2)c1. The van der Waals surface area contributed by atoms with E-state index < -0.39 is 0 Å². The van der Waals surface area contributed by atoms with Crippen LogP contribution in [0.25, 0.3) is 0 Å². The molecule has 2 N–H and O–H groups in total. The summed E-state index contributed by atoms with van der Waals surface area (Å²) in [5.41, 5.74) is 3.64. The Bertz CT molecular complexity index is 1020. The van der Waals surface area contributed by atoms with Gasteiger partial charge in [0.1, 0.15) is 12.1 Å². The van der Waals surface area contributed by atoms with E-state index in [1.54, 1.807) is 35.1 Å². The number of hydrogen-bond acceptors (Lipinski definition) is 5. The Labute approximate surface area is 167 Å². The van der Waals surface area contributed by atoms with Crippen LogP contribution in [0.4, 0.5) is 10.5 Å². The zero-order valence-corrected chi connectivity index (χ0v) is 16.5. The normalized spacial score (nSPS) is 14.0. The number of nitrogens with one attached hydrogen (secondary N) is 1. The predicted molar refractivity (Wildman–Crippen MR) is 108 cm³/mol. The molecular formula is C20H21N5O2S. The van der Waals surface area contributed by atoms with Crippen molar-refractivity contribution in [1.29, 1.82) is 0 Å². The summed E-state index contributed by atoms with van der Waals surface area (Å²) in [5.74, 6) is 0.240. The van der Waals surface area contributed by atoms with Crippen LogP contribution in [-0.4, -0.2) is 30.8 Å². The minimum absolute atomic E-state index is 0.160. The number of amides is 2. The van der Waals surface area contributed by atoms with Crippen molar-refractivity contribution in [3.05, 3.63) is 65.5 Å². The van der Waals surface area contributed by atoms with Gasteiger partial charge in [-0.15, -0.1) is 10.2 Å². The highest BCUT2D eigenvalue weighted by atomic mass is 32.2. The first-order valence-corrected chi connectivity index (χ1v) is 9.85. The van der Waals surface area contributed by atoms with Gasteiger partial charge in [-0.1, -0.05) is 36.0 Å². The molecule has 1 aromatic heterocycles. The van der Waals surface area contributed by atoms with Crippen molar-refractivity contribution in [1.82, 2.24) is 19.7 Å². The molecule has 0 unspecified atom stereocenters. The maximum atomic E-state index is 12.7. The topological polar surface area (TPSA) is 83.3 Å². The van der Waals surface area contributed by atoms with Gasteiger partial charge in [-0.25, -0.2) is 4.79 Å². The number of rotatable bonds is 4. The van der Waals surface area contributed by atoms with Crippen LogP contribution in [0.3, 0.4) is 0 Å². The fraction of sp³-hybridized carbons (Fsp3) is 0.250. The molecular weight excluding hydrogens is 374 g/mol. The number of aromatic nitrogens is 3. The second-order valence-corrected chi connectivity index (χ2v) is 8.12. The summed E-state index contributed by atoms with van der Waals surface area (Å²) in [6, 6.07) is 13.0. The fourth-order valence-electron chi connectivity index (χ4n) is 3.23. The third kappa shape index (κ3) is 3.68. The molecule has 28 heavy (non-hydrogen) atoms. The third-order valence-electron chi connectivity index (χ3n) is 4.81. The van der Waals surface area contributed by atoms with Crippen LogP contribution in [0.2, 0.25) is 0 Å². The van der Waals surface area contributed by atoms with Gasteiger partial charge in [-0.2, -0.15) is 0 Å². The summed E-state index contributed by atoms with van der Waals surface area (Å²) in [6.07, 6.45) is 1.68. The first-order chi connectivity index (χ1) is 13.5. The van der Waals surface area contributed by atoms with Crippen LogP contribution in [0.5, 0.6) is 5.75 Å². The Morgan fingerprint density at radius 3 is 2.82 bits per heavy atom. The zero-order valence-electron chi connectivity index (χ0n) is 15.7. The van der Waals surface area contributed by atoms with E-state index in [2.05, 4.69) is 22.4 Å².